The van der Waals surface area contributed by atoms with Crippen LogP contribution in [-0.2, 0) is 11.2 Å². The first-order chi connectivity index (χ1) is 10.6. The van der Waals surface area contributed by atoms with Gasteiger partial charge in [-0.05, 0) is 30.2 Å². The number of aliphatic carboxylic acids is 1. The Morgan fingerprint density at radius 1 is 1.14 bits per heavy atom. The fourth-order valence-electron chi connectivity index (χ4n) is 2.05. The average Bonchev–Trinajstić information content (AvgIpc) is 2.55. The number of hydrogen-bond donors (Lipinski definition) is 1. The number of carbonyl (C=O) groups excluding carboxylic acids is 2. The molecule has 0 bridgehead atoms. The number of carbonyl (C=O) groups is 2. The third-order valence-electron chi connectivity index (χ3n) is 3.20. The van der Waals surface area contributed by atoms with Gasteiger partial charge in [-0.1, -0.05) is 36.4 Å². The smallest absolute Gasteiger partial charge is 0.251 e. The van der Waals surface area contributed by atoms with Crippen molar-refractivity contribution in [2.24, 2.45) is 0 Å². The lowest BCUT2D eigenvalue weighted by Crippen LogP contribution is -2.49. The van der Waals surface area contributed by atoms with Gasteiger partial charge in [0.05, 0.1) is 19.1 Å². The highest BCUT2D eigenvalue weighted by molar-refractivity contribution is 5.96. The van der Waals surface area contributed by atoms with E-state index in [9.17, 15) is 14.7 Å². The number of hydrogen-bond acceptors (Lipinski definition) is 4. The van der Waals surface area contributed by atoms with E-state index in [2.05, 4.69) is 5.32 Å². The van der Waals surface area contributed by atoms with Crippen LogP contribution in [0, 0.1) is 0 Å². The van der Waals surface area contributed by atoms with Crippen LogP contribution >= 0.6 is 0 Å². The number of carboxylic acid groups (broad SMARTS) is 1. The van der Waals surface area contributed by atoms with Crippen LogP contribution < -0.4 is 15.2 Å². The largest absolute Gasteiger partial charge is 0.548 e. The molecule has 22 heavy (non-hydrogen) atoms. The first-order valence-corrected chi connectivity index (χ1v) is 6.80. The van der Waals surface area contributed by atoms with E-state index in [0.29, 0.717) is 11.3 Å². The number of nitrogens with one attached hydrogen (secondary N) is 1. The highest BCUT2D eigenvalue weighted by atomic mass is 16.5. The van der Waals surface area contributed by atoms with E-state index in [1.54, 1.807) is 36.4 Å². The Hall–Kier alpha value is -2.82. The number of methoxy groups -OCH3 is 1. The van der Waals surface area contributed by atoms with Gasteiger partial charge in [-0.25, -0.2) is 0 Å². The van der Waals surface area contributed by atoms with Crippen LogP contribution in [0.3, 0.4) is 0 Å². The quantitative estimate of drug-likeness (QED) is 0.855. The molecule has 0 saturated heterocycles. The summed E-state index contributed by atoms with van der Waals surface area (Å²) in [6.45, 7) is 0. The minimum absolute atomic E-state index is 0.166. The Kier molecular flexibility index (Phi) is 5.14. The number of rotatable bonds is 6. The Morgan fingerprint density at radius 2 is 1.86 bits per heavy atom. The summed E-state index contributed by atoms with van der Waals surface area (Å²) in [5.41, 5.74) is 1.14. The van der Waals surface area contributed by atoms with Gasteiger partial charge in [0.1, 0.15) is 5.75 Å². The topological polar surface area (TPSA) is 78.5 Å². The van der Waals surface area contributed by atoms with E-state index in [0.717, 1.165) is 5.56 Å². The lowest BCUT2D eigenvalue weighted by atomic mass is 10.1. The van der Waals surface area contributed by atoms with Gasteiger partial charge in [0.15, 0.2) is 0 Å². The number of benzene rings is 2. The SMILES string of the molecule is COc1cccc(C(=O)N[C@@H](Cc2ccccc2)C(=O)[O-])c1. The van der Waals surface area contributed by atoms with Gasteiger partial charge < -0.3 is 20.0 Å². The highest BCUT2D eigenvalue weighted by Crippen LogP contribution is 2.13. The molecule has 1 atom stereocenters. The zero-order valence-corrected chi connectivity index (χ0v) is 12.1. The summed E-state index contributed by atoms with van der Waals surface area (Å²) in [5.74, 6) is -1.27. The molecule has 0 saturated carbocycles. The summed E-state index contributed by atoms with van der Waals surface area (Å²) in [7, 11) is 1.50. The Morgan fingerprint density at radius 3 is 2.50 bits per heavy atom. The second kappa shape index (κ2) is 7.26. The van der Waals surface area contributed by atoms with E-state index < -0.39 is 17.9 Å². The minimum Gasteiger partial charge on any atom is -0.548 e. The fourth-order valence-corrected chi connectivity index (χ4v) is 2.05. The monoisotopic (exact) mass is 298 g/mol. The van der Waals surface area contributed by atoms with Gasteiger partial charge in [0, 0.05) is 5.56 Å². The molecule has 2 aromatic carbocycles. The van der Waals surface area contributed by atoms with Crippen LogP contribution in [0.2, 0.25) is 0 Å². The number of carboxylic acids is 1. The lowest BCUT2D eigenvalue weighted by Gasteiger charge is -2.20. The van der Waals surface area contributed by atoms with Crippen molar-refractivity contribution in [2.75, 3.05) is 7.11 Å². The van der Waals surface area contributed by atoms with Crippen molar-refractivity contribution in [3.63, 3.8) is 0 Å². The van der Waals surface area contributed by atoms with Gasteiger partial charge in [-0.2, -0.15) is 0 Å². The third-order valence-corrected chi connectivity index (χ3v) is 3.20. The molecule has 0 unspecified atom stereocenters. The molecule has 1 amide bonds. The maximum atomic E-state index is 12.2. The van der Waals surface area contributed by atoms with Gasteiger partial charge in [0.2, 0.25) is 0 Å². The summed E-state index contributed by atoms with van der Waals surface area (Å²) >= 11 is 0. The van der Waals surface area contributed by atoms with E-state index in [-0.39, 0.29) is 6.42 Å². The lowest BCUT2D eigenvalue weighted by molar-refractivity contribution is -0.308. The Labute approximate surface area is 128 Å². The van der Waals surface area contributed by atoms with Crippen LogP contribution in [0.4, 0.5) is 0 Å². The molecule has 2 rings (SSSR count). The normalized spacial score (nSPS) is 11.5. The molecule has 5 nitrogen and oxygen atoms in total. The zero-order valence-electron chi connectivity index (χ0n) is 12.1. The second-order valence-corrected chi connectivity index (χ2v) is 4.77. The van der Waals surface area contributed by atoms with Gasteiger partial charge >= 0.3 is 0 Å². The standard InChI is InChI=1S/C17H17NO4/c1-22-14-9-5-8-13(11-14)16(19)18-15(17(20)21)10-12-6-3-2-4-7-12/h2-9,11,15H,10H2,1H3,(H,18,19)(H,20,21)/p-1/t15-/m0/s1. The summed E-state index contributed by atoms with van der Waals surface area (Å²) in [5, 5.41) is 13.7. The highest BCUT2D eigenvalue weighted by Gasteiger charge is 2.15. The molecule has 0 spiro atoms. The maximum absolute atomic E-state index is 12.2. The van der Waals surface area contributed by atoms with E-state index in [4.69, 9.17) is 4.74 Å². The van der Waals surface area contributed by atoms with Crippen LogP contribution in [0.1, 0.15) is 15.9 Å². The van der Waals surface area contributed by atoms with Crippen molar-refractivity contribution in [2.45, 2.75) is 12.5 Å². The van der Waals surface area contributed by atoms with Crippen molar-refractivity contribution >= 4 is 11.9 Å². The number of ether oxygens (including phenoxy) is 1. The van der Waals surface area contributed by atoms with Crippen molar-refractivity contribution in [3.05, 3.63) is 65.7 Å². The van der Waals surface area contributed by atoms with E-state index >= 15 is 0 Å². The van der Waals surface area contributed by atoms with E-state index in [1.165, 1.54) is 7.11 Å². The summed E-state index contributed by atoms with van der Waals surface area (Å²) < 4.78 is 5.04. The molecule has 0 aliphatic heterocycles. The van der Waals surface area contributed by atoms with E-state index in [1.807, 2.05) is 18.2 Å². The van der Waals surface area contributed by atoms with Gasteiger partial charge in [0.25, 0.3) is 5.91 Å². The molecule has 0 aliphatic rings. The fraction of sp³-hybridized carbons (Fsp3) is 0.176. The zero-order chi connectivity index (χ0) is 15.9. The first-order valence-electron chi connectivity index (χ1n) is 6.80. The molecular weight excluding hydrogens is 282 g/mol. The molecule has 2 aromatic rings. The van der Waals surface area contributed by atoms with Crippen LogP contribution in [-0.4, -0.2) is 25.0 Å². The van der Waals surface area contributed by atoms with Crippen molar-refractivity contribution < 1.29 is 19.4 Å². The average molecular weight is 298 g/mol. The van der Waals surface area contributed by atoms with Gasteiger partial charge in [-0.3, -0.25) is 4.79 Å². The van der Waals surface area contributed by atoms with Crippen molar-refractivity contribution in [1.29, 1.82) is 0 Å². The minimum atomic E-state index is -1.32. The predicted molar refractivity (Wildman–Crippen MR) is 79.4 cm³/mol. The van der Waals surface area contributed by atoms with Crippen LogP contribution in [0.15, 0.2) is 54.6 Å². The molecule has 0 fully saturated rings. The molecule has 0 aromatic heterocycles. The summed E-state index contributed by atoms with van der Waals surface area (Å²) in [4.78, 5) is 23.4. The second-order valence-electron chi connectivity index (χ2n) is 4.77. The van der Waals surface area contributed by atoms with Gasteiger partial charge in [-0.15, -0.1) is 0 Å². The van der Waals surface area contributed by atoms with Crippen molar-refractivity contribution in [1.82, 2.24) is 5.32 Å². The molecule has 114 valence electrons. The van der Waals surface area contributed by atoms with Crippen molar-refractivity contribution in [3.8, 4) is 5.75 Å². The number of amides is 1. The maximum Gasteiger partial charge on any atom is 0.251 e. The molecule has 0 heterocycles. The Balaban J connectivity index is 2.10. The molecule has 0 radical (unpaired) electrons. The van der Waals surface area contributed by atoms with Crippen LogP contribution in [0.5, 0.6) is 5.75 Å². The molecule has 0 aliphatic carbocycles. The first kappa shape index (κ1) is 15.6. The summed E-state index contributed by atoms with van der Waals surface area (Å²) in [6.07, 6.45) is 0.166. The predicted octanol–water partition coefficient (Wildman–Crippen LogP) is 0.786. The third kappa shape index (κ3) is 4.09. The molecule has 5 heteroatoms. The Bertz CT molecular complexity index is 655. The molecular formula is C17H16NO4-. The molecule has 1 N–H and O–H groups in total. The van der Waals surface area contributed by atoms with Crippen LogP contribution in [0.25, 0.3) is 0 Å². The summed E-state index contributed by atoms with van der Waals surface area (Å²) in [6, 6.07) is 14.5.